The van der Waals surface area contributed by atoms with E-state index in [0.717, 1.165) is 18.4 Å². The van der Waals surface area contributed by atoms with Crippen LogP contribution < -0.4 is 10.9 Å². The number of nitrogens with zero attached hydrogens (tertiary/aromatic N) is 1. The fraction of sp³-hybridized carbons (Fsp3) is 0.250. The number of anilines is 1. The molecule has 1 aromatic carbocycles. The Labute approximate surface area is 137 Å². The number of nitrogens with one attached hydrogen (secondary N) is 1. The average Bonchev–Trinajstić information content (AvgIpc) is 3.32. The summed E-state index contributed by atoms with van der Waals surface area (Å²) in [6, 6.07) is 8.60. The molecule has 22 heavy (non-hydrogen) atoms. The van der Waals surface area contributed by atoms with E-state index < -0.39 is 0 Å². The van der Waals surface area contributed by atoms with Crippen LogP contribution in [0.1, 0.15) is 18.4 Å². The second kappa shape index (κ2) is 6.15. The molecule has 0 aliphatic heterocycles. The van der Waals surface area contributed by atoms with Crippen LogP contribution in [0.5, 0.6) is 0 Å². The Bertz CT molecular complexity index is 782. The van der Waals surface area contributed by atoms with Gasteiger partial charge in [0.25, 0.3) is 5.56 Å². The average molecular weight is 337 g/mol. The summed E-state index contributed by atoms with van der Waals surface area (Å²) < 4.78 is 1.53. The highest BCUT2D eigenvalue weighted by Crippen LogP contribution is 2.29. The van der Waals surface area contributed by atoms with Gasteiger partial charge in [0.1, 0.15) is 5.69 Å². The van der Waals surface area contributed by atoms with Gasteiger partial charge in [-0.05, 0) is 42.7 Å². The molecule has 114 valence electrons. The van der Waals surface area contributed by atoms with Crippen molar-refractivity contribution in [1.82, 2.24) is 4.57 Å². The third-order valence-electron chi connectivity index (χ3n) is 3.56. The second-order valence-electron chi connectivity index (χ2n) is 5.37. The summed E-state index contributed by atoms with van der Waals surface area (Å²) in [6.45, 7) is 0.364. The molecule has 2 aromatic rings. The minimum atomic E-state index is -0.234. The lowest BCUT2D eigenvalue weighted by molar-refractivity contribution is -0.117. The molecule has 3 rings (SSSR count). The lowest BCUT2D eigenvalue weighted by Crippen LogP contribution is -2.26. The van der Waals surface area contributed by atoms with Crippen LogP contribution in [0.3, 0.4) is 0 Å². The molecule has 0 bridgehead atoms. The van der Waals surface area contributed by atoms with Gasteiger partial charge in [0.05, 0.1) is 16.6 Å². The normalized spacial score (nSPS) is 13.9. The summed E-state index contributed by atoms with van der Waals surface area (Å²) in [7, 11) is 0. The summed E-state index contributed by atoms with van der Waals surface area (Å²) in [5.41, 5.74) is 0.934. The highest BCUT2D eigenvalue weighted by atomic mass is 35.5. The van der Waals surface area contributed by atoms with Crippen LogP contribution >= 0.6 is 23.2 Å². The van der Waals surface area contributed by atoms with Crippen molar-refractivity contribution in [1.29, 1.82) is 0 Å². The largest absolute Gasteiger partial charge is 0.321 e. The van der Waals surface area contributed by atoms with Crippen molar-refractivity contribution in [2.75, 3.05) is 5.32 Å². The van der Waals surface area contributed by atoms with Crippen LogP contribution in [0.15, 0.2) is 41.3 Å². The first-order chi connectivity index (χ1) is 10.5. The maximum atomic E-state index is 12.4. The van der Waals surface area contributed by atoms with Crippen molar-refractivity contribution in [2.24, 2.45) is 5.92 Å². The molecular weight excluding hydrogens is 323 g/mol. The van der Waals surface area contributed by atoms with Crippen LogP contribution in [-0.4, -0.2) is 10.5 Å². The first-order valence-corrected chi connectivity index (χ1v) is 7.74. The maximum Gasteiger partial charge on any atom is 0.274 e. The molecule has 0 atom stereocenters. The maximum absolute atomic E-state index is 12.4. The molecule has 4 nitrogen and oxygen atoms in total. The predicted molar refractivity (Wildman–Crippen MR) is 87.6 cm³/mol. The molecule has 1 heterocycles. The first-order valence-electron chi connectivity index (χ1n) is 6.99. The molecule has 1 aliphatic carbocycles. The fourth-order valence-corrected chi connectivity index (χ4v) is 2.49. The Balaban J connectivity index is 1.82. The third-order valence-corrected chi connectivity index (χ3v) is 4.30. The molecule has 1 fully saturated rings. The zero-order valence-electron chi connectivity index (χ0n) is 11.7. The molecule has 0 radical (unpaired) electrons. The number of carbonyl (C=O) groups excluding carboxylic acids is 1. The van der Waals surface area contributed by atoms with Crippen molar-refractivity contribution in [2.45, 2.75) is 19.4 Å². The topological polar surface area (TPSA) is 51.1 Å². The first kappa shape index (κ1) is 15.1. The van der Waals surface area contributed by atoms with Crippen LogP contribution in [0, 0.1) is 5.92 Å². The summed E-state index contributed by atoms with van der Waals surface area (Å²) in [5.74, 6) is -0.0208. The van der Waals surface area contributed by atoms with Crippen LogP contribution in [0.2, 0.25) is 10.0 Å². The molecule has 6 heteroatoms. The van der Waals surface area contributed by atoms with E-state index in [-0.39, 0.29) is 17.4 Å². The van der Waals surface area contributed by atoms with E-state index in [1.54, 1.807) is 30.5 Å². The third kappa shape index (κ3) is 3.34. The van der Waals surface area contributed by atoms with Gasteiger partial charge in [0.2, 0.25) is 5.91 Å². The molecule has 1 aliphatic rings. The Morgan fingerprint density at radius 1 is 1.23 bits per heavy atom. The van der Waals surface area contributed by atoms with Crippen LogP contribution in [0.25, 0.3) is 0 Å². The molecule has 1 saturated carbocycles. The number of carbonyl (C=O) groups is 1. The molecule has 0 saturated heterocycles. The van der Waals surface area contributed by atoms with Crippen molar-refractivity contribution < 1.29 is 4.79 Å². The summed E-state index contributed by atoms with van der Waals surface area (Å²) >= 11 is 11.9. The number of aromatic nitrogens is 1. The number of benzene rings is 1. The van der Waals surface area contributed by atoms with Crippen LogP contribution in [-0.2, 0) is 11.3 Å². The van der Waals surface area contributed by atoms with Gasteiger partial charge < -0.3 is 9.88 Å². The zero-order valence-corrected chi connectivity index (χ0v) is 13.2. The van der Waals surface area contributed by atoms with Crippen LogP contribution in [0.4, 0.5) is 5.69 Å². The van der Waals surface area contributed by atoms with Gasteiger partial charge in [-0.3, -0.25) is 9.59 Å². The van der Waals surface area contributed by atoms with Crippen molar-refractivity contribution >= 4 is 34.8 Å². The van der Waals surface area contributed by atoms with Gasteiger partial charge in [0.15, 0.2) is 0 Å². The highest BCUT2D eigenvalue weighted by molar-refractivity contribution is 6.42. The van der Waals surface area contributed by atoms with Crippen molar-refractivity contribution in [3.05, 3.63) is 62.5 Å². The van der Waals surface area contributed by atoms with E-state index in [9.17, 15) is 9.59 Å². The van der Waals surface area contributed by atoms with Gasteiger partial charge in [-0.25, -0.2) is 0 Å². The summed E-state index contributed by atoms with van der Waals surface area (Å²) in [4.78, 5) is 24.2. The number of halogens is 2. The number of pyridine rings is 1. The van der Waals surface area contributed by atoms with Gasteiger partial charge in [0, 0.05) is 12.1 Å². The Morgan fingerprint density at radius 3 is 2.68 bits per heavy atom. The van der Waals surface area contributed by atoms with E-state index in [0.29, 0.717) is 22.3 Å². The molecule has 1 N–H and O–H groups in total. The van der Waals surface area contributed by atoms with Crippen molar-refractivity contribution in [3.8, 4) is 0 Å². The van der Waals surface area contributed by atoms with E-state index >= 15 is 0 Å². The summed E-state index contributed by atoms with van der Waals surface area (Å²) in [6.07, 6.45) is 3.48. The SMILES string of the molecule is O=C(Nc1cccn(Cc2ccc(Cl)c(Cl)c2)c1=O)C1CC1. The molecule has 0 unspecified atom stereocenters. The Kier molecular flexibility index (Phi) is 4.23. The number of rotatable bonds is 4. The van der Waals surface area contributed by atoms with E-state index in [4.69, 9.17) is 23.2 Å². The van der Waals surface area contributed by atoms with E-state index in [1.807, 2.05) is 6.07 Å². The highest BCUT2D eigenvalue weighted by Gasteiger charge is 2.30. The number of amides is 1. The Hall–Kier alpha value is -1.78. The number of hydrogen-bond donors (Lipinski definition) is 1. The van der Waals surface area contributed by atoms with Gasteiger partial charge >= 0.3 is 0 Å². The predicted octanol–water partition coefficient (Wildman–Crippen LogP) is 3.55. The minimum Gasteiger partial charge on any atom is -0.321 e. The van der Waals surface area contributed by atoms with Gasteiger partial charge in [-0.15, -0.1) is 0 Å². The summed E-state index contributed by atoms with van der Waals surface area (Å²) in [5, 5.41) is 3.62. The fourth-order valence-electron chi connectivity index (χ4n) is 2.17. The molecule has 1 aromatic heterocycles. The molecular formula is C16H14Cl2N2O2. The monoisotopic (exact) mass is 336 g/mol. The van der Waals surface area contributed by atoms with Gasteiger partial charge in [-0.1, -0.05) is 29.3 Å². The zero-order chi connectivity index (χ0) is 15.7. The molecule has 1 amide bonds. The Morgan fingerprint density at radius 2 is 2.00 bits per heavy atom. The second-order valence-corrected chi connectivity index (χ2v) is 6.18. The van der Waals surface area contributed by atoms with Gasteiger partial charge in [-0.2, -0.15) is 0 Å². The van der Waals surface area contributed by atoms with Crippen molar-refractivity contribution in [3.63, 3.8) is 0 Å². The standard InChI is InChI=1S/C16H14Cl2N2O2/c17-12-6-3-10(8-13(12)18)9-20-7-1-2-14(16(20)22)19-15(21)11-4-5-11/h1-3,6-8,11H,4-5,9H2,(H,19,21). The number of hydrogen-bond acceptors (Lipinski definition) is 2. The lowest BCUT2D eigenvalue weighted by Gasteiger charge is -2.10. The lowest BCUT2D eigenvalue weighted by atomic mass is 10.2. The van der Waals surface area contributed by atoms with E-state index in [2.05, 4.69) is 5.32 Å². The smallest absolute Gasteiger partial charge is 0.274 e. The minimum absolute atomic E-state index is 0.0585. The quantitative estimate of drug-likeness (QED) is 0.928. The molecule has 0 spiro atoms. The van der Waals surface area contributed by atoms with E-state index in [1.165, 1.54) is 4.57 Å².